The summed E-state index contributed by atoms with van der Waals surface area (Å²) in [5.74, 6) is 1.90. The first-order chi connectivity index (χ1) is 14.5. The van der Waals surface area contributed by atoms with Crippen LogP contribution in [0.2, 0.25) is 15.1 Å². The van der Waals surface area contributed by atoms with Crippen LogP contribution in [0.25, 0.3) is 0 Å². The Morgan fingerprint density at radius 1 is 0.700 bits per heavy atom. The van der Waals surface area contributed by atoms with Crippen molar-refractivity contribution in [3.8, 4) is 17.2 Å². The fourth-order valence-corrected chi connectivity index (χ4v) is 3.50. The van der Waals surface area contributed by atoms with E-state index in [9.17, 15) is 0 Å². The smallest absolute Gasteiger partial charge is 0.180 e. The molecule has 0 unspecified atom stereocenters. The predicted molar refractivity (Wildman–Crippen MR) is 122 cm³/mol. The molecule has 3 aromatic rings. The van der Waals surface area contributed by atoms with Crippen LogP contribution in [-0.4, -0.2) is 14.2 Å². The summed E-state index contributed by atoms with van der Waals surface area (Å²) >= 11 is 18.5. The zero-order valence-electron chi connectivity index (χ0n) is 16.7. The molecular formula is C23H22Cl3NO3. The standard InChI is InChI=1S/C23H22Cl3NO3/c1-28-18-6-3-15(4-7-18)12-27-13-17-10-21(26)23(22(11-17)29-2)30-14-16-5-8-19(24)20(25)9-16/h3-11,27H,12-14H2,1-2H3. The van der Waals surface area contributed by atoms with Crippen molar-refractivity contribution >= 4 is 34.8 Å². The molecule has 4 nitrogen and oxygen atoms in total. The van der Waals surface area contributed by atoms with E-state index >= 15 is 0 Å². The van der Waals surface area contributed by atoms with E-state index in [1.165, 1.54) is 0 Å². The molecule has 0 fully saturated rings. The van der Waals surface area contributed by atoms with Crippen LogP contribution in [0.4, 0.5) is 0 Å². The Morgan fingerprint density at radius 3 is 2.03 bits per heavy atom. The predicted octanol–water partition coefficient (Wildman–Crippen LogP) is 6.53. The summed E-state index contributed by atoms with van der Waals surface area (Å²) < 4.78 is 16.6. The molecular weight excluding hydrogens is 445 g/mol. The molecule has 0 aromatic heterocycles. The van der Waals surface area contributed by atoms with Crippen molar-refractivity contribution in [2.45, 2.75) is 19.7 Å². The van der Waals surface area contributed by atoms with Crippen LogP contribution >= 0.6 is 34.8 Å². The number of halogens is 3. The van der Waals surface area contributed by atoms with Gasteiger partial charge in [-0.05, 0) is 53.1 Å². The molecule has 0 saturated heterocycles. The summed E-state index contributed by atoms with van der Waals surface area (Å²) in [4.78, 5) is 0. The van der Waals surface area contributed by atoms with Crippen LogP contribution in [0.5, 0.6) is 17.2 Å². The second kappa shape index (κ2) is 10.8. The first kappa shape index (κ1) is 22.6. The maximum atomic E-state index is 6.47. The van der Waals surface area contributed by atoms with Gasteiger partial charge in [0.05, 0.1) is 29.3 Å². The SMILES string of the molecule is COc1ccc(CNCc2cc(Cl)c(OCc3ccc(Cl)c(Cl)c3)c(OC)c2)cc1. The van der Waals surface area contributed by atoms with Gasteiger partial charge in [-0.25, -0.2) is 0 Å². The van der Waals surface area contributed by atoms with Gasteiger partial charge < -0.3 is 19.5 Å². The van der Waals surface area contributed by atoms with E-state index in [2.05, 4.69) is 5.32 Å². The summed E-state index contributed by atoms with van der Waals surface area (Å²) in [5, 5.41) is 4.86. The van der Waals surface area contributed by atoms with E-state index in [0.29, 0.717) is 39.7 Å². The van der Waals surface area contributed by atoms with E-state index in [1.807, 2.05) is 42.5 Å². The number of rotatable bonds is 9. The van der Waals surface area contributed by atoms with E-state index in [4.69, 9.17) is 49.0 Å². The molecule has 158 valence electrons. The van der Waals surface area contributed by atoms with Crippen molar-refractivity contribution in [1.29, 1.82) is 0 Å². The van der Waals surface area contributed by atoms with Gasteiger partial charge >= 0.3 is 0 Å². The van der Waals surface area contributed by atoms with Crippen molar-refractivity contribution in [2.24, 2.45) is 0 Å². The molecule has 0 saturated carbocycles. The molecule has 0 spiro atoms. The van der Waals surface area contributed by atoms with Crippen molar-refractivity contribution in [2.75, 3.05) is 14.2 Å². The van der Waals surface area contributed by atoms with Gasteiger partial charge in [-0.15, -0.1) is 0 Å². The number of nitrogens with one attached hydrogen (secondary N) is 1. The molecule has 0 amide bonds. The van der Waals surface area contributed by atoms with Crippen LogP contribution in [0.15, 0.2) is 54.6 Å². The quantitative estimate of drug-likeness (QED) is 0.389. The van der Waals surface area contributed by atoms with Gasteiger partial charge in [0.15, 0.2) is 11.5 Å². The van der Waals surface area contributed by atoms with Gasteiger partial charge in [0.2, 0.25) is 0 Å². The lowest BCUT2D eigenvalue weighted by Crippen LogP contribution is -2.13. The Kier molecular flexibility index (Phi) is 8.11. The molecule has 3 aromatic carbocycles. The normalized spacial score (nSPS) is 10.7. The summed E-state index contributed by atoms with van der Waals surface area (Å²) in [6, 6.07) is 17.1. The van der Waals surface area contributed by atoms with Crippen LogP contribution in [0.1, 0.15) is 16.7 Å². The molecule has 0 aliphatic rings. The molecule has 1 N–H and O–H groups in total. The van der Waals surface area contributed by atoms with Crippen molar-refractivity contribution in [3.63, 3.8) is 0 Å². The minimum absolute atomic E-state index is 0.294. The minimum atomic E-state index is 0.294. The van der Waals surface area contributed by atoms with Crippen LogP contribution in [0.3, 0.4) is 0 Å². The molecule has 0 atom stereocenters. The lowest BCUT2D eigenvalue weighted by atomic mass is 10.1. The highest BCUT2D eigenvalue weighted by atomic mass is 35.5. The van der Waals surface area contributed by atoms with Gasteiger partial charge in [0.25, 0.3) is 0 Å². The lowest BCUT2D eigenvalue weighted by Gasteiger charge is -2.15. The first-order valence-corrected chi connectivity index (χ1v) is 10.4. The first-order valence-electron chi connectivity index (χ1n) is 9.27. The molecule has 3 rings (SSSR count). The number of ether oxygens (including phenoxy) is 3. The molecule has 7 heteroatoms. The Morgan fingerprint density at radius 2 is 1.37 bits per heavy atom. The highest BCUT2D eigenvalue weighted by Gasteiger charge is 2.13. The van der Waals surface area contributed by atoms with Crippen LogP contribution in [-0.2, 0) is 19.7 Å². The summed E-state index contributed by atoms with van der Waals surface area (Å²) in [5.41, 5.74) is 3.04. The fraction of sp³-hybridized carbons (Fsp3) is 0.217. The third kappa shape index (κ3) is 5.96. The van der Waals surface area contributed by atoms with Gasteiger partial charge in [-0.2, -0.15) is 0 Å². The average Bonchev–Trinajstić information content (AvgIpc) is 2.75. The summed E-state index contributed by atoms with van der Waals surface area (Å²) in [7, 11) is 3.24. The monoisotopic (exact) mass is 465 g/mol. The highest BCUT2D eigenvalue weighted by molar-refractivity contribution is 6.42. The molecule has 0 aliphatic carbocycles. The molecule has 0 bridgehead atoms. The van der Waals surface area contributed by atoms with Gasteiger partial charge in [-0.3, -0.25) is 0 Å². The molecule has 0 heterocycles. The van der Waals surface area contributed by atoms with E-state index in [-0.39, 0.29) is 0 Å². The van der Waals surface area contributed by atoms with Crippen LogP contribution < -0.4 is 19.5 Å². The molecule has 0 aliphatic heterocycles. The topological polar surface area (TPSA) is 39.7 Å². The summed E-state index contributed by atoms with van der Waals surface area (Å²) in [6.07, 6.45) is 0. The third-order valence-corrected chi connectivity index (χ3v) is 5.49. The third-order valence-electron chi connectivity index (χ3n) is 4.47. The zero-order chi connectivity index (χ0) is 21.5. The van der Waals surface area contributed by atoms with Crippen molar-refractivity contribution < 1.29 is 14.2 Å². The van der Waals surface area contributed by atoms with Gasteiger partial charge in [0.1, 0.15) is 12.4 Å². The van der Waals surface area contributed by atoms with E-state index < -0.39 is 0 Å². The number of benzene rings is 3. The van der Waals surface area contributed by atoms with Gasteiger partial charge in [-0.1, -0.05) is 53.0 Å². The Hall–Kier alpha value is -2.11. The Balaban J connectivity index is 1.63. The zero-order valence-corrected chi connectivity index (χ0v) is 18.9. The molecule has 0 radical (unpaired) electrons. The number of methoxy groups -OCH3 is 2. The van der Waals surface area contributed by atoms with Crippen molar-refractivity contribution in [1.82, 2.24) is 5.32 Å². The van der Waals surface area contributed by atoms with Crippen molar-refractivity contribution in [3.05, 3.63) is 86.4 Å². The van der Waals surface area contributed by atoms with E-state index in [0.717, 1.165) is 29.0 Å². The minimum Gasteiger partial charge on any atom is -0.497 e. The average molecular weight is 467 g/mol. The Bertz CT molecular complexity index is 994. The summed E-state index contributed by atoms with van der Waals surface area (Å²) in [6.45, 7) is 1.65. The second-order valence-electron chi connectivity index (χ2n) is 6.60. The fourth-order valence-electron chi connectivity index (χ4n) is 2.89. The maximum Gasteiger partial charge on any atom is 0.180 e. The molecule has 30 heavy (non-hydrogen) atoms. The van der Waals surface area contributed by atoms with E-state index in [1.54, 1.807) is 26.4 Å². The lowest BCUT2D eigenvalue weighted by molar-refractivity contribution is 0.284. The second-order valence-corrected chi connectivity index (χ2v) is 7.82. The Labute approximate surface area is 191 Å². The number of hydrogen-bond acceptors (Lipinski definition) is 4. The largest absolute Gasteiger partial charge is 0.497 e. The highest BCUT2D eigenvalue weighted by Crippen LogP contribution is 2.37. The van der Waals surface area contributed by atoms with Crippen LogP contribution in [0, 0.1) is 0 Å². The maximum absolute atomic E-state index is 6.47. The number of hydrogen-bond donors (Lipinski definition) is 1. The van der Waals surface area contributed by atoms with Gasteiger partial charge in [0, 0.05) is 13.1 Å².